The number of ether oxygens (including phenoxy) is 2. The number of nitrogens with one attached hydrogen (secondary N) is 2. The second-order valence-corrected chi connectivity index (χ2v) is 13.9. The van der Waals surface area contributed by atoms with Gasteiger partial charge < -0.3 is 25.8 Å². The van der Waals surface area contributed by atoms with Gasteiger partial charge in [-0.1, -0.05) is 59.6 Å². The van der Waals surface area contributed by atoms with Gasteiger partial charge in [0.05, 0.1) is 24.3 Å². The van der Waals surface area contributed by atoms with Gasteiger partial charge in [0.1, 0.15) is 17.1 Å². The van der Waals surface area contributed by atoms with Crippen LogP contribution in [-0.4, -0.2) is 48.1 Å². The Morgan fingerprint density at radius 1 is 1.08 bits per heavy atom. The Labute approximate surface area is 294 Å². The van der Waals surface area contributed by atoms with Crippen molar-refractivity contribution in [3.8, 4) is 5.75 Å². The van der Waals surface area contributed by atoms with Gasteiger partial charge in [0.15, 0.2) is 0 Å². The highest BCUT2D eigenvalue weighted by Gasteiger charge is 2.66. The molecule has 1 unspecified atom stereocenters. The maximum Gasteiger partial charge on any atom is 0.338 e. The molecule has 3 heterocycles. The zero-order chi connectivity index (χ0) is 34.6. The lowest BCUT2D eigenvalue weighted by Gasteiger charge is -2.46. The predicted octanol–water partition coefficient (Wildman–Crippen LogP) is 7.21. The number of nitrogens with zero attached hydrogens (tertiary/aromatic N) is 1. The molecule has 1 spiro atoms. The number of carbonyl (C=O) groups excluding carboxylic acids is 2. The monoisotopic (exact) mass is 702 g/mol. The number of carbonyl (C=O) groups is 2. The average Bonchev–Trinajstić information content (AvgIpc) is 3.60. The summed E-state index contributed by atoms with van der Waals surface area (Å²) >= 11 is 12.8. The van der Waals surface area contributed by atoms with Crippen molar-refractivity contribution in [1.82, 2.24) is 10.2 Å². The van der Waals surface area contributed by atoms with Crippen molar-refractivity contribution in [3.63, 3.8) is 0 Å². The van der Waals surface area contributed by atoms with Crippen molar-refractivity contribution in [2.45, 2.75) is 62.8 Å². The minimum Gasteiger partial charge on any atom is -0.494 e. The van der Waals surface area contributed by atoms with Crippen molar-refractivity contribution < 1.29 is 23.5 Å². The number of esters is 1. The van der Waals surface area contributed by atoms with Gasteiger partial charge in [0.25, 0.3) is 0 Å². The summed E-state index contributed by atoms with van der Waals surface area (Å²) in [6.45, 7) is 4.68. The first kappa shape index (κ1) is 33.4. The maximum atomic E-state index is 16.3. The molecule has 2 saturated heterocycles. The number of nitrogens with two attached hydrogens (primary N) is 1. The van der Waals surface area contributed by atoms with Crippen LogP contribution in [-0.2, 0) is 22.5 Å². The van der Waals surface area contributed by atoms with E-state index in [0.717, 1.165) is 28.0 Å². The largest absolute Gasteiger partial charge is 0.494 e. The molecule has 11 heteroatoms. The van der Waals surface area contributed by atoms with Crippen LogP contribution >= 0.6 is 23.2 Å². The van der Waals surface area contributed by atoms with Crippen LogP contribution < -0.4 is 21.1 Å². The number of hydrogen-bond acceptors (Lipinski definition) is 7. The Bertz CT molecular complexity index is 1970. The van der Waals surface area contributed by atoms with Crippen LogP contribution in [0.5, 0.6) is 5.75 Å². The number of nitrogen functional groups attached to an aromatic ring is 1. The summed E-state index contributed by atoms with van der Waals surface area (Å²) in [5, 5.41) is 7.44. The Kier molecular flexibility index (Phi) is 8.81. The second-order valence-electron chi connectivity index (χ2n) is 13.0. The molecule has 49 heavy (non-hydrogen) atoms. The number of methoxy groups -OCH3 is 1. The first-order chi connectivity index (χ1) is 23.5. The Hall–Kier alpha value is -4.15. The molecule has 0 aromatic heterocycles. The fraction of sp³-hybridized carbons (Fsp3) is 0.316. The smallest absolute Gasteiger partial charge is 0.338 e. The van der Waals surface area contributed by atoms with E-state index in [1.54, 1.807) is 24.3 Å². The highest BCUT2D eigenvalue weighted by molar-refractivity contribution is 6.31. The van der Waals surface area contributed by atoms with Gasteiger partial charge >= 0.3 is 5.97 Å². The molecule has 4 aromatic carbocycles. The molecular formula is C38H37Cl2FN4O4. The molecule has 0 radical (unpaired) electrons. The quantitative estimate of drug-likeness (QED) is 0.138. The molecule has 0 bridgehead atoms. The third-order valence-corrected chi connectivity index (χ3v) is 10.9. The number of benzene rings is 4. The molecule has 1 amide bonds. The van der Waals surface area contributed by atoms with E-state index in [4.69, 9.17) is 38.4 Å². The summed E-state index contributed by atoms with van der Waals surface area (Å²) in [5.74, 6) is -1.18. The number of halogens is 3. The summed E-state index contributed by atoms with van der Waals surface area (Å²) in [4.78, 5) is 29.4. The summed E-state index contributed by atoms with van der Waals surface area (Å²) < 4.78 is 27.1. The van der Waals surface area contributed by atoms with Crippen LogP contribution in [0.1, 0.15) is 63.5 Å². The van der Waals surface area contributed by atoms with Crippen molar-refractivity contribution in [3.05, 3.63) is 122 Å². The topological polar surface area (TPSA) is 106 Å². The lowest BCUT2D eigenvalue weighted by Crippen LogP contribution is -2.61. The minimum absolute atomic E-state index is 0.0109. The normalized spacial score (nSPS) is 24.4. The van der Waals surface area contributed by atoms with Gasteiger partial charge in [-0.2, -0.15) is 0 Å². The van der Waals surface area contributed by atoms with E-state index < -0.39 is 23.2 Å². The number of amides is 1. The number of likely N-dealkylation sites (tertiary alicyclic amines) is 1. The molecule has 254 valence electrons. The maximum absolute atomic E-state index is 16.3. The van der Waals surface area contributed by atoms with Crippen LogP contribution in [0, 0.1) is 12.7 Å². The van der Waals surface area contributed by atoms with E-state index in [-0.39, 0.29) is 29.1 Å². The molecule has 3 aliphatic heterocycles. The molecule has 0 saturated carbocycles. The van der Waals surface area contributed by atoms with E-state index in [1.807, 2.05) is 56.3 Å². The van der Waals surface area contributed by atoms with Gasteiger partial charge in [-0.05, 0) is 84.5 Å². The molecule has 8 nitrogen and oxygen atoms in total. The van der Waals surface area contributed by atoms with Crippen molar-refractivity contribution in [2.75, 3.05) is 24.8 Å². The van der Waals surface area contributed by atoms with E-state index in [0.29, 0.717) is 53.5 Å². The summed E-state index contributed by atoms with van der Waals surface area (Å²) in [7, 11) is 1.34. The fourth-order valence-electron chi connectivity index (χ4n) is 8.28. The highest BCUT2D eigenvalue weighted by Crippen LogP contribution is 2.56. The molecular weight excluding hydrogens is 666 g/mol. The Morgan fingerprint density at radius 2 is 1.88 bits per heavy atom. The summed E-state index contributed by atoms with van der Waals surface area (Å²) in [6.07, 6.45) is 0.889. The number of fused-ring (bicyclic) bond motifs is 2. The first-order valence-corrected chi connectivity index (χ1v) is 17.1. The first-order valence-electron chi connectivity index (χ1n) is 16.3. The number of aryl methyl sites for hydroxylation is 1. The lowest BCUT2D eigenvalue weighted by atomic mass is 9.71. The van der Waals surface area contributed by atoms with Crippen LogP contribution in [0.2, 0.25) is 10.0 Å². The summed E-state index contributed by atoms with van der Waals surface area (Å²) in [5.41, 5.74) is 10.6. The predicted molar refractivity (Wildman–Crippen MR) is 189 cm³/mol. The van der Waals surface area contributed by atoms with Crippen molar-refractivity contribution in [1.29, 1.82) is 0 Å². The zero-order valence-electron chi connectivity index (χ0n) is 27.4. The van der Waals surface area contributed by atoms with Crippen molar-refractivity contribution >= 4 is 46.5 Å². The van der Waals surface area contributed by atoms with Gasteiger partial charge in [0, 0.05) is 53.4 Å². The lowest BCUT2D eigenvalue weighted by molar-refractivity contribution is -0.129. The second kappa shape index (κ2) is 12.9. The van der Waals surface area contributed by atoms with Gasteiger partial charge in [-0.3, -0.25) is 9.69 Å². The third-order valence-electron chi connectivity index (χ3n) is 10.3. The molecule has 4 aromatic rings. The number of hydrogen-bond donors (Lipinski definition) is 3. The highest BCUT2D eigenvalue weighted by atomic mass is 35.5. The van der Waals surface area contributed by atoms with E-state index in [1.165, 1.54) is 13.2 Å². The van der Waals surface area contributed by atoms with Crippen LogP contribution in [0.25, 0.3) is 0 Å². The van der Waals surface area contributed by atoms with Crippen LogP contribution in [0.4, 0.5) is 15.8 Å². The van der Waals surface area contributed by atoms with E-state index in [9.17, 15) is 9.59 Å². The average molecular weight is 704 g/mol. The van der Waals surface area contributed by atoms with Crippen LogP contribution in [0.3, 0.4) is 0 Å². The van der Waals surface area contributed by atoms with Gasteiger partial charge in [-0.15, -0.1) is 0 Å². The molecule has 5 atom stereocenters. The third kappa shape index (κ3) is 5.62. The van der Waals surface area contributed by atoms with Crippen molar-refractivity contribution in [2.24, 2.45) is 0 Å². The van der Waals surface area contributed by atoms with Gasteiger partial charge in [-0.25, -0.2) is 9.18 Å². The fourth-order valence-corrected chi connectivity index (χ4v) is 8.63. The minimum atomic E-state index is -1.21. The SMILES string of the molecule is CCOc1cccc(CN2[C@H]3CC(c4cc(C)c(C(=O)OC)cc4N)N[C@H]3[C@H](c3cccc(Cl)c3F)[C@@]23Cc2ccc(Cl)cc2NC3=O)c1. The standard InChI is InChI=1S/C38H37Cl2FN4O4/c1-4-49-24-8-5-7-21(14-24)19-45-32-17-31(27-13-20(2)26(16-29(27)42)36(46)48-3)43-35(32)33(25-9-6-10-28(40)34(25)41)38(45)18-22-11-12-23(39)15-30(22)44-37(38)47/h5-16,31-33,35,43H,4,17-19,42H2,1-3H3,(H,44,47)/t31?,32-,33-,35+,38+/m0/s1. The Balaban J connectivity index is 1.40. The number of anilines is 2. The van der Waals surface area contributed by atoms with E-state index in [2.05, 4.69) is 15.5 Å². The Morgan fingerprint density at radius 3 is 2.65 bits per heavy atom. The molecule has 0 aliphatic carbocycles. The summed E-state index contributed by atoms with van der Waals surface area (Å²) in [6, 6.07) is 21.0. The number of rotatable bonds is 7. The van der Waals surface area contributed by atoms with Crippen LogP contribution in [0.15, 0.2) is 72.8 Å². The molecule has 2 fully saturated rings. The van der Waals surface area contributed by atoms with Gasteiger partial charge in [0.2, 0.25) is 5.91 Å². The van der Waals surface area contributed by atoms with E-state index >= 15 is 4.39 Å². The molecule has 7 rings (SSSR count). The molecule has 4 N–H and O–H groups in total. The molecule has 3 aliphatic rings. The zero-order valence-corrected chi connectivity index (χ0v) is 28.9.